The van der Waals surface area contributed by atoms with Gasteiger partial charge in [0.05, 0.1) is 19.7 Å². The second-order valence-corrected chi connectivity index (χ2v) is 9.77. The highest BCUT2D eigenvalue weighted by Gasteiger charge is 2.43. The number of hydrogen-bond donors (Lipinski definition) is 0. The van der Waals surface area contributed by atoms with Gasteiger partial charge in [0.25, 0.3) is 0 Å². The molecule has 5 unspecified atom stereocenters. The van der Waals surface area contributed by atoms with Crippen LogP contribution >= 0.6 is 0 Å². The molecule has 0 bridgehead atoms. The fraction of sp³-hybridized carbons (Fsp3) is 0.680. The number of likely N-dealkylation sites (tertiary alicyclic amines) is 1. The quantitative estimate of drug-likeness (QED) is 0.515. The SMILES string of the molecule is CC1=CC(C)C(C2OCC(C[N+]3(Cc4ccccc4)CCCCC3)O2)C(C)C1. The molecule has 0 radical (unpaired) electrons. The summed E-state index contributed by atoms with van der Waals surface area (Å²) < 4.78 is 14.0. The molecule has 2 aliphatic heterocycles. The molecule has 3 aliphatic rings. The first-order valence-corrected chi connectivity index (χ1v) is 11.4. The van der Waals surface area contributed by atoms with E-state index in [4.69, 9.17) is 9.47 Å². The first kappa shape index (κ1) is 20.1. The molecule has 3 nitrogen and oxygen atoms in total. The molecule has 0 saturated carbocycles. The normalized spacial score (nSPS) is 35.5. The molecule has 154 valence electrons. The molecule has 4 rings (SSSR count). The van der Waals surface area contributed by atoms with Crippen molar-refractivity contribution >= 4 is 0 Å². The van der Waals surface area contributed by atoms with E-state index in [0.717, 1.165) is 19.7 Å². The number of quaternary nitrogens is 1. The Morgan fingerprint density at radius 2 is 1.79 bits per heavy atom. The zero-order valence-corrected chi connectivity index (χ0v) is 18.0. The first-order chi connectivity index (χ1) is 13.5. The molecule has 0 aromatic heterocycles. The van der Waals surface area contributed by atoms with Gasteiger partial charge in [-0.3, -0.25) is 0 Å². The summed E-state index contributed by atoms with van der Waals surface area (Å²) in [6.45, 7) is 12.5. The van der Waals surface area contributed by atoms with Gasteiger partial charge in [-0.05, 0) is 44.4 Å². The lowest BCUT2D eigenvalue weighted by atomic mass is 9.74. The molecule has 0 N–H and O–H groups in total. The fourth-order valence-electron chi connectivity index (χ4n) is 6.07. The average molecular weight is 385 g/mol. The minimum Gasteiger partial charge on any atom is -0.349 e. The Labute approximate surface area is 171 Å². The van der Waals surface area contributed by atoms with Crippen molar-refractivity contribution in [2.75, 3.05) is 26.2 Å². The summed E-state index contributed by atoms with van der Waals surface area (Å²) in [5.74, 6) is 1.65. The van der Waals surface area contributed by atoms with Crippen LogP contribution in [0.15, 0.2) is 42.0 Å². The van der Waals surface area contributed by atoms with Gasteiger partial charge in [-0.15, -0.1) is 0 Å². The van der Waals surface area contributed by atoms with E-state index < -0.39 is 0 Å². The third kappa shape index (κ3) is 4.53. The number of benzene rings is 1. The lowest BCUT2D eigenvalue weighted by Gasteiger charge is -2.43. The molecule has 28 heavy (non-hydrogen) atoms. The van der Waals surface area contributed by atoms with Crippen molar-refractivity contribution in [1.82, 2.24) is 0 Å². The summed E-state index contributed by atoms with van der Waals surface area (Å²) >= 11 is 0. The molecule has 1 aromatic carbocycles. The third-order valence-corrected chi connectivity index (χ3v) is 7.26. The van der Waals surface area contributed by atoms with E-state index in [1.165, 1.54) is 54.4 Å². The van der Waals surface area contributed by atoms with Crippen molar-refractivity contribution in [2.24, 2.45) is 17.8 Å². The Balaban J connectivity index is 1.42. The zero-order chi connectivity index (χ0) is 19.6. The van der Waals surface area contributed by atoms with Gasteiger partial charge in [-0.2, -0.15) is 0 Å². The Hall–Kier alpha value is -1.16. The van der Waals surface area contributed by atoms with Crippen LogP contribution in [-0.4, -0.2) is 43.1 Å². The fourth-order valence-corrected chi connectivity index (χ4v) is 6.07. The number of piperidine rings is 1. The van der Waals surface area contributed by atoms with Crippen molar-refractivity contribution < 1.29 is 14.0 Å². The lowest BCUT2D eigenvalue weighted by Crippen LogP contribution is -2.55. The van der Waals surface area contributed by atoms with E-state index in [0.29, 0.717) is 17.8 Å². The summed E-state index contributed by atoms with van der Waals surface area (Å²) in [6, 6.07) is 11.0. The Bertz CT molecular complexity index is 664. The third-order valence-electron chi connectivity index (χ3n) is 7.26. The number of ether oxygens (including phenoxy) is 2. The standard InChI is InChI=1S/C25H38NO2/c1-19-14-20(2)24(21(3)15-19)25-27-18-23(28-25)17-26(12-8-5-9-13-26)16-22-10-6-4-7-11-22/h4,6-7,10-11,14,20-21,23-25H,5,8-9,12-13,15-18H2,1-3H3/q+1. The molecule has 5 atom stereocenters. The molecule has 2 saturated heterocycles. The zero-order valence-electron chi connectivity index (χ0n) is 18.0. The molecule has 0 spiro atoms. The lowest BCUT2D eigenvalue weighted by molar-refractivity contribution is -0.947. The minimum atomic E-state index is -0.0269. The first-order valence-electron chi connectivity index (χ1n) is 11.4. The van der Waals surface area contributed by atoms with E-state index in [2.05, 4.69) is 57.2 Å². The van der Waals surface area contributed by atoms with Crippen molar-refractivity contribution in [2.45, 2.75) is 65.4 Å². The van der Waals surface area contributed by atoms with Gasteiger partial charge in [0, 0.05) is 11.5 Å². The van der Waals surface area contributed by atoms with E-state index in [-0.39, 0.29) is 12.4 Å². The molecule has 0 amide bonds. The Kier molecular flexibility index (Phi) is 6.24. The van der Waals surface area contributed by atoms with E-state index in [9.17, 15) is 0 Å². The van der Waals surface area contributed by atoms with Gasteiger partial charge in [-0.25, -0.2) is 0 Å². The maximum Gasteiger partial charge on any atom is 0.162 e. The molecule has 2 heterocycles. The average Bonchev–Trinajstić information content (AvgIpc) is 3.10. The summed E-state index contributed by atoms with van der Waals surface area (Å²) in [7, 11) is 0. The second-order valence-electron chi connectivity index (χ2n) is 9.77. The van der Waals surface area contributed by atoms with E-state index in [1.807, 2.05) is 0 Å². The summed E-state index contributed by atoms with van der Waals surface area (Å²) in [5.41, 5.74) is 2.97. The van der Waals surface area contributed by atoms with Gasteiger partial charge in [0.15, 0.2) is 6.29 Å². The van der Waals surface area contributed by atoms with Gasteiger partial charge >= 0.3 is 0 Å². The summed E-state index contributed by atoms with van der Waals surface area (Å²) in [5, 5.41) is 0. The highest BCUT2D eigenvalue weighted by Crippen LogP contribution is 2.39. The van der Waals surface area contributed by atoms with Crippen LogP contribution in [0.1, 0.15) is 52.0 Å². The topological polar surface area (TPSA) is 18.5 Å². The number of rotatable bonds is 5. The van der Waals surface area contributed by atoms with Gasteiger partial charge in [0.1, 0.15) is 19.2 Å². The number of hydrogen-bond acceptors (Lipinski definition) is 2. The summed E-state index contributed by atoms with van der Waals surface area (Å²) in [6.07, 6.45) is 7.87. The van der Waals surface area contributed by atoms with Crippen LogP contribution in [0.5, 0.6) is 0 Å². The van der Waals surface area contributed by atoms with Crippen LogP contribution in [0, 0.1) is 17.8 Å². The Morgan fingerprint density at radius 3 is 2.50 bits per heavy atom. The highest BCUT2D eigenvalue weighted by molar-refractivity contribution is 5.13. The maximum atomic E-state index is 6.58. The van der Waals surface area contributed by atoms with Crippen molar-refractivity contribution in [3.05, 3.63) is 47.5 Å². The molecule has 2 fully saturated rings. The van der Waals surface area contributed by atoms with Crippen molar-refractivity contribution in [3.63, 3.8) is 0 Å². The van der Waals surface area contributed by atoms with E-state index >= 15 is 0 Å². The molecular formula is C25H38NO2+. The predicted octanol–water partition coefficient (Wildman–Crippen LogP) is 5.17. The van der Waals surface area contributed by atoms with Gasteiger partial charge in [-0.1, -0.05) is 55.8 Å². The van der Waals surface area contributed by atoms with Gasteiger partial charge in [0.2, 0.25) is 0 Å². The summed E-state index contributed by atoms with van der Waals surface area (Å²) in [4.78, 5) is 0. The monoisotopic (exact) mass is 384 g/mol. The molecular weight excluding hydrogens is 346 g/mol. The Morgan fingerprint density at radius 1 is 1.04 bits per heavy atom. The van der Waals surface area contributed by atoms with Crippen LogP contribution in [0.3, 0.4) is 0 Å². The predicted molar refractivity (Wildman–Crippen MR) is 114 cm³/mol. The molecule has 1 aliphatic carbocycles. The van der Waals surface area contributed by atoms with Crippen LogP contribution in [-0.2, 0) is 16.0 Å². The highest BCUT2D eigenvalue weighted by atomic mass is 16.7. The molecule has 1 aromatic rings. The van der Waals surface area contributed by atoms with Crippen LogP contribution in [0.2, 0.25) is 0 Å². The largest absolute Gasteiger partial charge is 0.349 e. The smallest absolute Gasteiger partial charge is 0.162 e. The van der Waals surface area contributed by atoms with Crippen LogP contribution in [0.4, 0.5) is 0 Å². The van der Waals surface area contributed by atoms with Crippen LogP contribution < -0.4 is 0 Å². The number of nitrogens with zero attached hydrogens (tertiary/aromatic N) is 1. The maximum absolute atomic E-state index is 6.58. The van der Waals surface area contributed by atoms with Crippen molar-refractivity contribution in [1.29, 1.82) is 0 Å². The van der Waals surface area contributed by atoms with Crippen molar-refractivity contribution in [3.8, 4) is 0 Å². The van der Waals surface area contributed by atoms with Crippen LogP contribution in [0.25, 0.3) is 0 Å². The molecule has 3 heteroatoms. The minimum absolute atomic E-state index is 0.0269. The second kappa shape index (κ2) is 8.69. The number of allylic oxidation sites excluding steroid dienone is 2. The van der Waals surface area contributed by atoms with Gasteiger partial charge < -0.3 is 14.0 Å². The van der Waals surface area contributed by atoms with E-state index in [1.54, 1.807) is 0 Å².